The maximum Gasteiger partial charge on any atom is 0.306 e. The van der Waals surface area contributed by atoms with E-state index in [9.17, 15) is 9.59 Å². The van der Waals surface area contributed by atoms with E-state index < -0.39 is 11.9 Å². The first kappa shape index (κ1) is 12.4. The molecule has 0 amide bonds. The van der Waals surface area contributed by atoms with Gasteiger partial charge in [-0.25, -0.2) is 0 Å². The Labute approximate surface area is 95.1 Å². The van der Waals surface area contributed by atoms with E-state index in [0.29, 0.717) is 12.0 Å². The molecule has 0 bridgehead atoms. The maximum atomic E-state index is 11.9. The zero-order valence-electron chi connectivity index (χ0n) is 9.56. The van der Waals surface area contributed by atoms with E-state index in [1.54, 1.807) is 19.1 Å². The number of carboxylic acids is 1. The molecule has 16 heavy (non-hydrogen) atoms. The minimum Gasteiger partial charge on any atom is -0.481 e. The highest BCUT2D eigenvalue weighted by Gasteiger charge is 2.20. The molecule has 0 saturated heterocycles. The molecule has 0 saturated carbocycles. The van der Waals surface area contributed by atoms with Gasteiger partial charge in [0.15, 0.2) is 5.78 Å². The van der Waals surface area contributed by atoms with Gasteiger partial charge in [-0.3, -0.25) is 9.59 Å². The van der Waals surface area contributed by atoms with Crippen molar-refractivity contribution in [2.75, 3.05) is 0 Å². The van der Waals surface area contributed by atoms with E-state index in [0.717, 1.165) is 5.56 Å². The van der Waals surface area contributed by atoms with Crippen LogP contribution in [0.2, 0.25) is 0 Å². The smallest absolute Gasteiger partial charge is 0.306 e. The fraction of sp³-hybridized carbons (Fsp3) is 0.385. The molecule has 0 aliphatic rings. The molecule has 86 valence electrons. The molecule has 1 aromatic carbocycles. The lowest BCUT2D eigenvalue weighted by molar-refractivity contribution is -0.141. The summed E-state index contributed by atoms with van der Waals surface area (Å²) in [4.78, 5) is 22.7. The summed E-state index contributed by atoms with van der Waals surface area (Å²) in [5.41, 5.74) is 1.52. The van der Waals surface area contributed by atoms with Crippen molar-refractivity contribution < 1.29 is 14.7 Å². The number of benzene rings is 1. The van der Waals surface area contributed by atoms with Gasteiger partial charge in [-0.1, -0.05) is 31.2 Å². The second kappa shape index (κ2) is 5.45. The highest BCUT2D eigenvalue weighted by Crippen LogP contribution is 2.16. The average Bonchev–Trinajstić information content (AvgIpc) is 2.25. The Morgan fingerprint density at radius 2 is 1.94 bits per heavy atom. The van der Waals surface area contributed by atoms with Gasteiger partial charge in [0.05, 0.1) is 5.92 Å². The number of aliphatic carboxylic acids is 1. The van der Waals surface area contributed by atoms with Gasteiger partial charge >= 0.3 is 5.97 Å². The minimum atomic E-state index is -0.899. The molecule has 0 radical (unpaired) electrons. The van der Waals surface area contributed by atoms with Gasteiger partial charge in [0.2, 0.25) is 0 Å². The van der Waals surface area contributed by atoms with Gasteiger partial charge in [0.1, 0.15) is 0 Å². The van der Waals surface area contributed by atoms with E-state index in [4.69, 9.17) is 5.11 Å². The molecule has 0 fully saturated rings. The number of Topliss-reactive ketones (excluding diaryl/α,β-unsaturated/α-hetero) is 1. The van der Waals surface area contributed by atoms with Crippen LogP contribution in [0.3, 0.4) is 0 Å². The summed E-state index contributed by atoms with van der Waals surface area (Å²) in [5, 5.41) is 8.89. The van der Waals surface area contributed by atoms with Crippen LogP contribution in [0.15, 0.2) is 24.3 Å². The van der Waals surface area contributed by atoms with Crippen LogP contribution in [-0.2, 0) is 4.79 Å². The van der Waals surface area contributed by atoms with Crippen LogP contribution >= 0.6 is 0 Å². The van der Waals surface area contributed by atoms with E-state index in [1.807, 2.05) is 19.1 Å². The lowest BCUT2D eigenvalue weighted by Gasteiger charge is -2.09. The third-order valence-corrected chi connectivity index (χ3v) is 2.72. The third kappa shape index (κ3) is 2.92. The quantitative estimate of drug-likeness (QED) is 0.776. The number of aryl methyl sites for hydroxylation is 1. The third-order valence-electron chi connectivity index (χ3n) is 2.72. The van der Waals surface area contributed by atoms with Crippen LogP contribution in [0.5, 0.6) is 0 Å². The Morgan fingerprint density at radius 1 is 1.31 bits per heavy atom. The second-order valence-electron chi connectivity index (χ2n) is 3.89. The zero-order chi connectivity index (χ0) is 12.1. The molecule has 0 spiro atoms. The largest absolute Gasteiger partial charge is 0.481 e. The van der Waals surface area contributed by atoms with Crippen LogP contribution in [0, 0.1) is 12.8 Å². The monoisotopic (exact) mass is 220 g/mol. The van der Waals surface area contributed by atoms with Crippen molar-refractivity contribution in [3.05, 3.63) is 35.4 Å². The number of ketones is 1. The molecule has 0 aliphatic carbocycles. The van der Waals surface area contributed by atoms with Gasteiger partial charge in [-0.2, -0.15) is 0 Å². The number of rotatable bonds is 5. The molecule has 3 heteroatoms. The lowest BCUT2D eigenvalue weighted by atomic mass is 9.94. The van der Waals surface area contributed by atoms with Gasteiger partial charge in [0.25, 0.3) is 0 Å². The summed E-state index contributed by atoms with van der Waals surface area (Å²) >= 11 is 0. The summed E-state index contributed by atoms with van der Waals surface area (Å²) in [6, 6.07) is 7.25. The van der Waals surface area contributed by atoms with Crippen molar-refractivity contribution in [3.63, 3.8) is 0 Å². The fourth-order valence-corrected chi connectivity index (χ4v) is 1.63. The number of carboxylic acid groups (broad SMARTS) is 1. The van der Waals surface area contributed by atoms with E-state index in [-0.39, 0.29) is 12.2 Å². The van der Waals surface area contributed by atoms with Crippen LogP contribution in [0.4, 0.5) is 0 Å². The molecule has 0 aromatic heterocycles. The second-order valence-corrected chi connectivity index (χ2v) is 3.89. The van der Waals surface area contributed by atoms with Crippen molar-refractivity contribution in [2.24, 2.45) is 5.92 Å². The van der Waals surface area contributed by atoms with Gasteiger partial charge in [-0.15, -0.1) is 0 Å². The summed E-state index contributed by atoms with van der Waals surface area (Å²) in [7, 11) is 0. The minimum absolute atomic E-state index is 0.0800. The van der Waals surface area contributed by atoms with Gasteiger partial charge in [-0.05, 0) is 18.9 Å². The van der Waals surface area contributed by atoms with Crippen LogP contribution in [0.25, 0.3) is 0 Å². The molecule has 0 heterocycles. The number of carbonyl (C=O) groups is 2. The molecule has 1 aromatic rings. The number of hydrogen-bond acceptors (Lipinski definition) is 2. The highest BCUT2D eigenvalue weighted by molar-refractivity contribution is 5.99. The predicted molar refractivity (Wildman–Crippen MR) is 61.5 cm³/mol. The van der Waals surface area contributed by atoms with Crippen molar-refractivity contribution in [1.82, 2.24) is 0 Å². The van der Waals surface area contributed by atoms with Gasteiger partial charge in [0, 0.05) is 12.0 Å². The summed E-state index contributed by atoms with van der Waals surface area (Å²) in [6.07, 6.45) is 0.559. The van der Waals surface area contributed by atoms with E-state index >= 15 is 0 Å². The Kier molecular flexibility index (Phi) is 4.23. The standard InChI is InChI=1S/C13H16O3/c1-3-10(13(15)16)8-12(14)11-7-5-4-6-9(11)2/h4-7,10H,3,8H2,1-2H3,(H,15,16). The van der Waals surface area contributed by atoms with E-state index in [2.05, 4.69) is 0 Å². The van der Waals surface area contributed by atoms with Crippen LogP contribution in [0.1, 0.15) is 35.7 Å². The molecule has 3 nitrogen and oxygen atoms in total. The van der Waals surface area contributed by atoms with E-state index in [1.165, 1.54) is 0 Å². The first-order valence-corrected chi connectivity index (χ1v) is 5.38. The number of carbonyl (C=O) groups excluding carboxylic acids is 1. The molecular formula is C13H16O3. The topological polar surface area (TPSA) is 54.4 Å². The molecule has 1 N–H and O–H groups in total. The highest BCUT2D eigenvalue weighted by atomic mass is 16.4. The van der Waals surface area contributed by atoms with Crippen molar-refractivity contribution in [3.8, 4) is 0 Å². The SMILES string of the molecule is CCC(CC(=O)c1ccccc1C)C(=O)O. The Balaban J connectivity index is 2.80. The molecule has 1 unspecified atom stereocenters. The predicted octanol–water partition coefficient (Wildman–Crippen LogP) is 2.68. The average molecular weight is 220 g/mol. The zero-order valence-corrected chi connectivity index (χ0v) is 9.56. The number of hydrogen-bond donors (Lipinski definition) is 1. The van der Waals surface area contributed by atoms with Crippen molar-refractivity contribution in [2.45, 2.75) is 26.7 Å². The van der Waals surface area contributed by atoms with Gasteiger partial charge < -0.3 is 5.11 Å². The Bertz CT molecular complexity index is 396. The lowest BCUT2D eigenvalue weighted by Crippen LogP contribution is -2.17. The van der Waals surface area contributed by atoms with Crippen LogP contribution < -0.4 is 0 Å². The first-order valence-electron chi connectivity index (χ1n) is 5.38. The summed E-state index contributed by atoms with van der Waals surface area (Å²) in [5.74, 6) is -1.57. The fourth-order valence-electron chi connectivity index (χ4n) is 1.63. The van der Waals surface area contributed by atoms with Crippen molar-refractivity contribution >= 4 is 11.8 Å². The molecule has 0 aliphatic heterocycles. The summed E-state index contributed by atoms with van der Waals surface area (Å²) in [6.45, 7) is 3.64. The Hall–Kier alpha value is -1.64. The Morgan fingerprint density at radius 3 is 2.44 bits per heavy atom. The maximum absolute atomic E-state index is 11.9. The molecule has 1 atom stereocenters. The molecular weight excluding hydrogens is 204 g/mol. The normalized spacial score (nSPS) is 12.1. The first-order chi connectivity index (χ1) is 7.56. The molecule has 1 rings (SSSR count). The van der Waals surface area contributed by atoms with Crippen LogP contribution in [-0.4, -0.2) is 16.9 Å². The summed E-state index contributed by atoms with van der Waals surface area (Å²) < 4.78 is 0. The van der Waals surface area contributed by atoms with Crippen molar-refractivity contribution in [1.29, 1.82) is 0 Å².